The molecule has 0 bridgehead atoms. The topological polar surface area (TPSA) is 50.7 Å². The Balaban J connectivity index is 1.87. The molecule has 1 unspecified atom stereocenters. The Morgan fingerprint density at radius 1 is 1.38 bits per heavy atom. The zero-order valence-corrected chi connectivity index (χ0v) is 14.2. The van der Waals surface area contributed by atoms with E-state index in [1.807, 2.05) is 6.26 Å². The number of carbonyl (C=O) groups is 1. The van der Waals surface area contributed by atoms with Crippen LogP contribution in [0.15, 0.2) is 4.99 Å². The van der Waals surface area contributed by atoms with Gasteiger partial charge in [0.2, 0.25) is 11.1 Å². The van der Waals surface area contributed by atoms with E-state index >= 15 is 0 Å². The molecule has 2 rings (SSSR count). The molecule has 4 nitrogen and oxygen atoms in total. The predicted molar refractivity (Wildman–Crippen MR) is 88.7 cm³/mol. The number of carbonyl (C=O) groups excluding carboxylic acids is 1. The number of rotatable bonds is 6. The third-order valence-electron chi connectivity index (χ3n) is 4.44. The molecule has 1 fully saturated rings. The first-order chi connectivity index (χ1) is 10.2. The monoisotopic (exact) mass is 312 g/mol. The molecule has 1 heterocycles. The second-order valence-corrected chi connectivity index (χ2v) is 6.87. The second kappa shape index (κ2) is 8.06. The summed E-state index contributed by atoms with van der Waals surface area (Å²) in [5.74, 6) is 0.337. The lowest BCUT2D eigenvalue weighted by molar-refractivity contribution is -0.127. The van der Waals surface area contributed by atoms with Gasteiger partial charge in [0.15, 0.2) is 0 Å². The first-order valence-electron chi connectivity index (χ1n) is 8.26. The van der Waals surface area contributed by atoms with Gasteiger partial charge in [-0.3, -0.25) is 4.79 Å². The molecular weight excluding hydrogens is 284 g/mol. The minimum absolute atomic E-state index is 0.107. The van der Waals surface area contributed by atoms with E-state index < -0.39 is 0 Å². The zero-order chi connectivity index (χ0) is 15.2. The Morgan fingerprint density at radius 3 is 2.71 bits per heavy atom. The smallest absolute Gasteiger partial charge is 0.246 e. The van der Waals surface area contributed by atoms with Crippen molar-refractivity contribution in [3.05, 3.63) is 0 Å². The molecule has 5 heteroatoms. The van der Waals surface area contributed by atoms with Crippen molar-refractivity contribution in [2.45, 2.75) is 77.0 Å². The highest BCUT2D eigenvalue weighted by atomic mass is 32.2. The van der Waals surface area contributed by atoms with E-state index in [4.69, 9.17) is 4.74 Å². The van der Waals surface area contributed by atoms with Crippen molar-refractivity contribution < 1.29 is 9.53 Å². The molecule has 120 valence electrons. The predicted octanol–water partition coefficient (Wildman–Crippen LogP) is 3.36. The average Bonchev–Trinajstić information content (AvgIpc) is 2.89. The number of hydrogen-bond acceptors (Lipinski definition) is 4. The highest BCUT2D eigenvalue weighted by Crippen LogP contribution is 2.34. The van der Waals surface area contributed by atoms with Crippen molar-refractivity contribution in [2.75, 3.05) is 6.26 Å². The number of nitrogens with zero attached hydrogens (tertiary/aromatic N) is 1. The van der Waals surface area contributed by atoms with Crippen LogP contribution in [0.1, 0.15) is 58.8 Å². The Bertz CT molecular complexity index is 380. The summed E-state index contributed by atoms with van der Waals surface area (Å²) in [4.78, 5) is 17.1. The number of amides is 1. The van der Waals surface area contributed by atoms with E-state index in [1.165, 1.54) is 0 Å². The standard InChI is InChI=1S/C16H28N2O2S/c1-4-6-12(7-5-2)17-15(19)11-8-9-14-13(10-11)18-16(20-14)21-3/h11-14H,4-10H2,1-3H3,(H,17,19)/t11-,13-,14?/m0/s1. The fraction of sp³-hybridized carbons (Fsp3) is 0.875. The molecule has 1 saturated carbocycles. The van der Waals surface area contributed by atoms with Crippen LogP contribution in [0.3, 0.4) is 0 Å². The van der Waals surface area contributed by atoms with Gasteiger partial charge in [0, 0.05) is 12.0 Å². The molecule has 2 aliphatic rings. The third kappa shape index (κ3) is 4.38. The maximum Gasteiger partial charge on any atom is 0.246 e. The first-order valence-corrected chi connectivity index (χ1v) is 9.49. The van der Waals surface area contributed by atoms with Crippen LogP contribution in [-0.4, -0.2) is 35.6 Å². The van der Waals surface area contributed by atoms with Gasteiger partial charge >= 0.3 is 0 Å². The summed E-state index contributed by atoms with van der Waals surface area (Å²) < 4.78 is 5.78. The van der Waals surface area contributed by atoms with Crippen molar-refractivity contribution in [1.82, 2.24) is 5.32 Å². The van der Waals surface area contributed by atoms with Crippen molar-refractivity contribution in [1.29, 1.82) is 0 Å². The molecule has 21 heavy (non-hydrogen) atoms. The van der Waals surface area contributed by atoms with Crippen LogP contribution in [-0.2, 0) is 9.53 Å². The second-order valence-electron chi connectivity index (χ2n) is 6.12. The van der Waals surface area contributed by atoms with Crippen molar-refractivity contribution in [3.63, 3.8) is 0 Å². The molecule has 0 saturated heterocycles. The maximum absolute atomic E-state index is 12.5. The molecule has 0 aromatic rings. The summed E-state index contributed by atoms with van der Waals surface area (Å²) in [6, 6.07) is 0.531. The Kier molecular flexibility index (Phi) is 6.40. The quantitative estimate of drug-likeness (QED) is 0.818. The van der Waals surface area contributed by atoms with Gasteiger partial charge in [0.05, 0.1) is 6.04 Å². The lowest BCUT2D eigenvalue weighted by Crippen LogP contribution is -2.43. The highest BCUT2D eigenvalue weighted by molar-refractivity contribution is 8.12. The van der Waals surface area contributed by atoms with E-state index in [0.717, 1.165) is 50.2 Å². The lowest BCUT2D eigenvalue weighted by Gasteiger charge is -2.30. The van der Waals surface area contributed by atoms with E-state index in [2.05, 4.69) is 24.2 Å². The summed E-state index contributed by atoms with van der Waals surface area (Å²) in [5.41, 5.74) is 0. The van der Waals surface area contributed by atoms with Crippen LogP contribution in [0.2, 0.25) is 0 Å². The highest BCUT2D eigenvalue weighted by Gasteiger charge is 2.39. The number of nitrogens with one attached hydrogen (secondary N) is 1. The van der Waals surface area contributed by atoms with E-state index in [-0.39, 0.29) is 24.0 Å². The van der Waals surface area contributed by atoms with Gasteiger partial charge in [0.25, 0.3) is 0 Å². The Hall–Kier alpha value is -0.710. The van der Waals surface area contributed by atoms with Gasteiger partial charge < -0.3 is 10.1 Å². The Labute approximate surface area is 132 Å². The van der Waals surface area contributed by atoms with Crippen LogP contribution in [0.5, 0.6) is 0 Å². The third-order valence-corrected chi connectivity index (χ3v) is 5.00. The van der Waals surface area contributed by atoms with Crippen molar-refractivity contribution in [3.8, 4) is 0 Å². The molecule has 1 amide bonds. The Morgan fingerprint density at radius 2 is 2.10 bits per heavy atom. The number of thioether (sulfide) groups is 1. The van der Waals surface area contributed by atoms with Crippen LogP contribution >= 0.6 is 11.8 Å². The molecule has 1 N–H and O–H groups in total. The average molecular weight is 312 g/mol. The zero-order valence-electron chi connectivity index (χ0n) is 13.4. The summed E-state index contributed by atoms with van der Waals surface area (Å²) in [6.45, 7) is 4.35. The van der Waals surface area contributed by atoms with Gasteiger partial charge in [-0.25, -0.2) is 4.99 Å². The van der Waals surface area contributed by atoms with Crippen LogP contribution in [0, 0.1) is 5.92 Å². The van der Waals surface area contributed by atoms with Crippen molar-refractivity contribution in [2.24, 2.45) is 10.9 Å². The molecule has 0 aromatic carbocycles. The fourth-order valence-corrected chi connectivity index (χ4v) is 3.79. The summed E-state index contributed by atoms with van der Waals surface area (Å²) >= 11 is 1.56. The van der Waals surface area contributed by atoms with E-state index in [1.54, 1.807) is 11.8 Å². The largest absolute Gasteiger partial charge is 0.467 e. The number of ether oxygens (including phenoxy) is 1. The molecule has 3 atom stereocenters. The molecule has 0 aromatic heterocycles. The lowest BCUT2D eigenvalue weighted by atomic mass is 9.83. The molecular formula is C16H28N2O2S. The van der Waals surface area contributed by atoms with Crippen LogP contribution < -0.4 is 5.32 Å². The van der Waals surface area contributed by atoms with Crippen LogP contribution in [0.25, 0.3) is 0 Å². The summed E-state index contributed by atoms with van der Waals surface area (Å²) in [5, 5.41) is 4.05. The van der Waals surface area contributed by atoms with Gasteiger partial charge in [-0.05, 0) is 38.4 Å². The molecule has 1 aliphatic heterocycles. The number of hydrogen-bond donors (Lipinski definition) is 1. The first kappa shape index (κ1) is 16.7. The molecule has 0 spiro atoms. The minimum atomic E-state index is 0.107. The maximum atomic E-state index is 12.5. The fourth-order valence-electron chi connectivity index (χ4n) is 3.33. The van der Waals surface area contributed by atoms with Crippen LogP contribution in [0.4, 0.5) is 0 Å². The SMILES string of the molecule is CCCC(CCC)NC(=O)[C@H]1CCC2OC(SC)=N[C@H]2C1. The normalized spacial score (nSPS) is 28.0. The van der Waals surface area contributed by atoms with Crippen molar-refractivity contribution >= 4 is 22.9 Å². The van der Waals surface area contributed by atoms with Gasteiger partial charge in [-0.1, -0.05) is 38.5 Å². The molecule has 0 radical (unpaired) electrons. The summed E-state index contributed by atoms with van der Waals surface area (Å²) in [7, 11) is 0. The van der Waals surface area contributed by atoms with Gasteiger partial charge in [0.1, 0.15) is 6.10 Å². The van der Waals surface area contributed by atoms with Gasteiger partial charge in [-0.15, -0.1) is 0 Å². The number of aliphatic imine (C=N–C) groups is 1. The van der Waals surface area contributed by atoms with E-state index in [0.29, 0.717) is 6.04 Å². The number of fused-ring (bicyclic) bond motifs is 1. The van der Waals surface area contributed by atoms with E-state index in [9.17, 15) is 4.79 Å². The molecule has 1 aliphatic carbocycles. The minimum Gasteiger partial charge on any atom is -0.467 e. The summed E-state index contributed by atoms with van der Waals surface area (Å²) in [6.07, 6.45) is 9.31. The van der Waals surface area contributed by atoms with Gasteiger partial charge in [-0.2, -0.15) is 0 Å².